The summed E-state index contributed by atoms with van der Waals surface area (Å²) in [5.41, 5.74) is 2.06. The van der Waals surface area contributed by atoms with Gasteiger partial charge in [-0.3, -0.25) is 0 Å². The van der Waals surface area contributed by atoms with E-state index in [2.05, 4.69) is 24.2 Å². The Morgan fingerprint density at radius 3 is 2.53 bits per heavy atom. The summed E-state index contributed by atoms with van der Waals surface area (Å²) < 4.78 is 0. The van der Waals surface area contributed by atoms with Crippen LogP contribution in [0.1, 0.15) is 46.0 Å². The second-order valence-electron chi connectivity index (χ2n) is 4.82. The van der Waals surface area contributed by atoms with Crippen LogP contribution in [-0.4, -0.2) is 5.84 Å². The second-order valence-corrected chi connectivity index (χ2v) is 4.82. The van der Waals surface area contributed by atoms with Gasteiger partial charge in [-0.05, 0) is 18.6 Å². The molecule has 0 aromatic heterocycles. The summed E-state index contributed by atoms with van der Waals surface area (Å²) in [6, 6.07) is 8.12. The molecule has 0 spiro atoms. The third kappa shape index (κ3) is 3.09. The lowest BCUT2D eigenvalue weighted by atomic mass is 10.0. The fraction of sp³-hybridized carbons (Fsp3) is 0.533. The number of aliphatic imine (C=N–C) groups is 1. The Labute approximate surface area is 104 Å². The summed E-state index contributed by atoms with van der Waals surface area (Å²) in [5.74, 6) is 1.50. The summed E-state index contributed by atoms with van der Waals surface area (Å²) >= 11 is 0. The van der Waals surface area contributed by atoms with Crippen molar-refractivity contribution in [2.45, 2.75) is 46.0 Å². The molecule has 0 saturated heterocycles. The number of hydrogen-bond donors (Lipinski definition) is 0. The summed E-state index contributed by atoms with van der Waals surface area (Å²) in [6.07, 6.45) is 6.47. The molecular weight excluding hydrogens is 208 g/mol. The number of amidine groups is 1. The van der Waals surface area contributed by atoms with Gasteiger partial charge in [0, 0.05) is 5.92 Å². The lowest BCUT2D eigenvalue weighted by molar-refractivity contribution is 0.574. The number of unbranched alkanes of at least 4 members (excludes halogenated alkanes) is 3. The maximum Gasteiger partial charge on any atom is 0.132 e. The van der Waals surface area contributed by atoms with Gasteiger partial charge in [-0.25, -0.2) is 10.3 Å². The van der Waals surface area contributed by atoms with E-state index in [0.29, 0.717) is 5.92 Å². The number of rotatable bonds is 6. The molecule has 2 heteroatoms. The summed E-state index contributed by atoms with van der Waals surface area (Å²) in [6.45, 7) is 4.48. The van der Waals surface area contributed by atoms with Crippen molar-refractivity contribution in [2.24, 2.45) is 10.9 Å². The summed E-state index contributed by atoms with van der Waals surface area (Å²) in [4.78, 5) is 4.60. The van der Waals surface area contributed by atoms with Crippen molar-refractivity contribution < 1.29 is 0 Å². The molecule has 1 heterocycles. The first-order valence-corrected chi connectivity index (χ1v) is 6.70. The zero-order valence-electron chi connectivity index (χ0n) is 10.8. The molecule has 0 saturated carbocycles. The van der Waals surface area contributed by atoms with Crippen LogP contribution >= 0.6 is 0 Å². The molecule has 1 unspecified atom stereocenters. The van der Waals surface area contributed by atoms with E-state index in [4.69, 9.17) is 0 Å². The van der Waals surface area contributed by atoms with Crippen LogP contribution < -0.4 is 5.32 Å². The third-order valence-electron chi connectivity index (χ3n) is 3.28. The smallest absolute Gasteiger partial charge is 0.132 e. The zero-order chi connectivity index (χ0) is 12.1. The molecule has 91 valence electrons. The molecule has 17 heavy (non-hydrogen) atoms. The SMILES string of the molecule is CCCCCCC(C)C1=Nc2ccccc2[N]1. The standard InChI is InChI=1S/C15H21N2/c1-3-4-5-6-9-12(2)15-16-13-10-7-8-11-14(13)17-15/h7-8,10-12H,3-6,9H2,1-2H3. The number of fused-ring (bicyclic) bond motifs is 1. The van der Waals surface area contributed by atoms with Gasteiger partial charge in [0.25, 0.3) is 0 Å². The van der Waals surface area contributed by atoms with Gasteiger partial charge in [0.05, 0.1) is 11.4 Å². The van der Waals surface area contributed by atoms with Crippen molar-refractivity contribution in [3.8, 4) is 0 Å². The molecule has 2 rings (SSSR count). The van der Waals surface area contributed by atoms with Crippen molar-refractivity contribution in [2.75, 3.05) is 0 Å². The van der Waals surface area contributed by atoms with E-state index < -0.39 is 0 Å². The molecule has 1 aromatic carbocycles. The van der Waals surface area contributed by atoms with Gasteiger partial charge in [-0.15, -0.1) is 0 Å². The molecule has 1 aliphatic rings. The highest BCUT2D eigenvalue weighted by atomic mass is 15.1. The monoisotopic (exact) mass is 229 g/mol. The number of para-hydroxylation sites is 2. The van der Waals surface area contributed by atoms with E-state index in [9.17, 15) is 0 Å². The van der Waals surface area contributed by atoms with E-state index in [1.54, 1.807) is 0 Å². The summed E-state index contributed by atoms with van der Waals surface area (Å²) in [7, 11) is 0. The Morgan fingerprint density at radius 2 is 1.82 bits per heavy atom. The van der Waals surface area contributed by atoms with Gasteiger partial charge in [0.1, 0.15) is 5.84 Å². The van der Waals surface area contributed by atoms with Gasteiger partial charge in [0.15, 0.2) is 0 Å². The average molecular weight is 229 g/mol. The maximum atomic E-state index is 4.60. The fourth-order valence-corrected chi connectivity index (χ4v) is 2.15. The molecule has 1 radical (unpaired) electrons. The lowest BCUT2D eigenvalue weighted by Gasteiger charge is -2.09. The molecule has 1 aliphatic heterocycles. The molecule has 0 N–H and O–H groups in total. The van der Waals surface area contributed by atoms with Crippen molar-refractivity contribution >= 4 is 17.2 Å². The quantitative estimate of drug-likeness (QED) is 0.639. The Hall–Kier alpha value is -1.31. The van der Waals surface area contributed by atoms with Gasteiger partial charge in [0.2, 0.25) is 0 Å². The minimum Gasteiger partial charge on any atom is -0.231 e. The molecule has 0 aliphatic carbocycles. The highest BCUT2D eigenvalue weighted by molar-refractivity contribution is 5.97. The minimum absolute atomic E-state index is 0.485. The first kappa shape index (κ1) is 12.2. The van der Waals surface area contributed by atoms with Crippen LogP contribution in [0.25, 0.3) is 0 Å². The van der Waals surface area contributed by atoms with Gasteiger partial charge in [-0.1, -0.05) is 51.7 Å². The van der Waals surface area contributed by atoms with Crippen molar-refractivity contribution in [1.82, 2.24) is 5.32 Å². The second kappa shape index (κ2) is 5.85. The van der Waals surface area contributed by atoms with Gasteiger partial charge >= 0.3 is 0 Å². The van der Waals surface area contributed by atoms with E-state index in [1.807, 2.05) is 24.3 Å². The van der Waals surface area contributed by atoms with Crippen LogP contribution in [0.5, 0.6) is 0 Å². The van der Waals surface area contributed by atoms with E-state index >= 15 is 0 Å². The van der Waals surface area contributed by atoms with E-state index in [-0.39, 0.29) is 0 Å². The van der Waals surface area contributed by atoms with Gasteiger partial charge in [-0.2, -0.15) is 0 Å². The van der Waals surface area contributed by atoms with Crippen LogP contribution in [0.2, 0.25) is 0 Å². The van der Waals surface area contributed by atoms with E-state index in [0.717, 1.165) is 17.2 Å². The van der Waals surface area contributed by atoms with Gasteiger partial charge < -0.3 is 0 Å². The third-order valence-corrected chi connectivity index (χ3v) is 3.28. The van der Waals surface area contributed by atoms with Crippen LogP contribution in [0.15, 0.2) is 29.3 Å². The first-order chi connectivity index (χ1) is 8.31. The first-order valence-electron chi connectivity index (χ1n) is 6.70. The minimum atomic E-state index is 0.485. The van der Waals surface area contributed by atoms with Crippen LogP contribution in [-0.2, 0) is 0 Å². The van der Waals surface area contributed by atoms with Crippen molar-refractivity contribution in [3.05, 3.63) is 24.3 Å². The molecule has 1 aromatic rings. The Bertz CT molecular complexity index is 396. The molecule has 2 nitrogen and oxygen atoms in total. The molecule has 0 bridgehead atoms. The topological polar surface area (TPSA) is 26.5 Å². The maximum absolute atomic E-state index is 4.60. The number of hydrogen-bond acceptors (Lipinski definition) is 1. The average Bonchev–Trinajstić information content (AvgIpc) is 2.78. The number of nitrogens with zero attached hydrogens (tertiary/aromatic N) is 2. The predicted octanol–water partition coefficient (Wildman–Crippen LogP) is 4.57. The molecular formula is C15H21N2. The lowest BCUT2D eigenvalue weighted by Crippen LogP contribution is -2.16. The Balaban J connectivity index is 1.85. The number of benzene rings is 1. The highest BCUT2D eigenvalue weighted by Gasteiger charge is 2.19. The molecule has 0 fully saturated rings. The fourth-order valence-electron chi connectivity index (χ4n) is 2.15. The van der Waals surface area contributed by atoms with Crippen molar-refractivity contribution in [3.63, 3.8) is 0 Å². The largest absolute Gasteiger partial charge is 0.231 e. The van der Waals surface area contributed by atoms with Crippen molar-refractivity contribution in [1.29, 1.82) is 0 Å². The highest BCUT2D eigenvalue weighted by Crippen LogP contribution is 2.32. The Morgan fingerprint density at radius 1 is 1.06 bits per heavy atom. The normalized spacial score (nSPS) is 15.1. The Kier molecular flexibility index (Phi) is 4.18. The molecule has 0 amide bonds. The zero-order valence-corrected chi connectivity index (χ0v) is 10.8. The van der Waals surface area contributed by atoms with Crippen LogP contribution in [0.4, 0.5) is 11.4 Å². The van der Waals surface area contributed by atoms with Crippen LogP contribution in [0.3, 0.4) is 0 Å². The predicted molar refractivity (Wildman–Crippen MR) is 73.3 cm³/mol. The van der Waals surface area contributed by atoms with Crippen LogP contribution in [0, 0.1) is 5.92 Å². The van der Waals surface area contributed by atoms with E-state index in [1.165, 1.54) is 32.1 Å². The summed E-state index contributed by atoms with van der Waals surface area (Å²) in [5, 5.41) is 4.60. The molecule has 1 atom stereocenters.